The Hall–Kier alpha value is -2.64. The van der Waals surface area contributed by atoms with Gasteiger partial charge in [0.25, 0.3) is 0 Å². The summed E-state index contributed by atoms with van der Waals surface area (Å²) in [4.78, 5) is 27.1. The molecule has 0 spiro atoms. The molecule has 0 bridgehead atoms. The number of phenols is 1. The number of carbonyl (C=O) groups is 2. The number of rotatable bonds is 12. The fourth-order valence-corrected chi connectivity index (χ4v) is 9.40. The minimum Gasteiger partial charge on any atom is -0.508 e. The average molecular weight is 613 g/mol. The quantitative estimate of drug-likeness (QED) is 0.130. The maximum absolute atomic E-state index is 14.1. The van der Waals surface area contributed by atoms with Crippen LogP contribution in [0.4, 0.5) is 0 Å². The first kappa shape index (κ1) is 35.8. The summed E-state index contributed by atoms with van der Waals surface area (Å²) in [5.74, 6) is -3.19. The van der Waals surface area contributed by atoms with E-state index in [-0.39, 0.29) is 34.9 Å². The van der Waals surface area contributed by atoms with Gasteiger partial charge in [0, 0.05) is 5.92 Å². The lowest BCUT2D eigenvalue weighted by Gasteiger charge is -2.63. The zero-order valence-corrected chi connectivity index (χ0v) is 27.5. The summed E-state index contributed by atoms with van der Waals surface area (Å²) >= 11 is 0. The van der Waals surface area contributed by atoms with Crippen LogP contribution in [0.25, 0.3) is 0 Å². The van der Waals surface area contributed by atoms with E-state index < -0.39 is 52.7 Å². The van der Waals surface area contributed by atoms with Gasteiger partial charge in [-0.2, -0.15) is 0 Å². The maximum atomic E-state index is 14.1. The first-order chi connectivity index (χ1) is 20.2. The van der Waals surface area contributed by atoms with Crippen LogP contribution >= 0.6 is 0 Å². The highest BCUT2D eigenvalue weighted by Gasteiger charge is 2.68. The van der Waals surface area contributed by atoms with Gasteiger partial charge in [0.1, 0.15) is 11.9 Å². The summed E-state index contributed by atoms with van der Waals surface area (Å²) in [6.45, 7) is 19.0. The molecular formula is C37H56O7. The van der Waals surface area contributed by atoms with E-state index in [1.54, 1.807) is 18.2 Å². The second kappa shape index (κ2) is 13.8. The Bertz CT molecular complexity index is 1190. The van der Waals surface area contributed by atoms with Crippen molar-refractivity contribution in [2.75, 3.05) is 0 Å². The number of aliphatic hydroxyl groups excluding tert-OH is 1. The molecule has 0 saturated heterocycles. The van der Waals surface area contributed by atoms with Gasteiger partial charge in [0.05, 0.1) is 17.9 Å². The molecule has 246 valence electrons. The number of phenolic OH excluding ortho intramolecular Hbond substituents is 1. The number of esters is 1. The van der Waals surface area contributed by atoms with Crippen molar-refractivity contribution in [2.45, 2.75) is 117 Å². The zero-order chi connectivity index (χ0) is 31.7. The van der Waals surface area contributed by atoms with Gasteiger partial charge in [0.15, 0.2) is 0 Å². The van der Waals surface area contributed by atoms with Crippen LogP contribution in [-0.4, -0.2) is 44.9 Å². The van der Waals surface area contributed by atoms with Crippen molar-refractivity contribution < 1.29 is 35.1 Å². The molecule has 0 heterocycles. The second-order valence-corrected chi connectivity index (χ2v) is 14.6. The molecule has 7 heteroatoms. The predicted molar refractivity (Wildman–Crippen MR) is 173 cm³/mol. The topological polar surface area (TPSA) is 136 Å². The van der Waals surface area contributed by atoms with Gasteiger partial charge in [0.2, 0.25) is 0 Å². The second-order valence-electron chi connectivity index (χ2n) is 14.6. The summed E-state index contributed by atoms with van der Waals surface area (Å²) in [7, 11) is 0. The number of aliphatic carboxylic acids is 1. The van der Waals surface area contributed by atoms with Crippen LogP contribution in [0.15, 0.2) is 49.1 Å². The van der Waals surface area contributed by atoms with E-state index in [0.29, 0.717) is 12.0 Å². The van der Waals surface area contributed by atoms with Crippen molar-refractivity contribution in [3.05, 3.63) is 54.6 Å². The van der Waals surface area contributed by atoms with E-state index in [9.17, 15) is 24.9 Å². The standard InChI is InChI=1S/C37H54O6.H2O/c1-8-10-11-14-27(9-2)43-34(42)32-30(25-16-18-26(38)19-17-25)31(33(40)41)36(32,6)22-29(39)37(7)24(4)20-21-35(5)23(3)13-12-15-28(35)37;/h9,16-19,24,27-32,38-39H,2-3,8,10-15,20-22H2,1,4-7H3,(H,40,41);1H2/t24-,27+,28+,29+,30+,31+,32+,35+,36+,37+;/m1./s1. The van der Waals surface area contributed by atoms with Crippen molar-refractivity contribution in [1.29, 1.82) is 0 Å². The Labute approximate surface area is 264 Å². The summed E-state index contributed by atoms with van der Waals surface area (Å²) in [6, 6.07) is 6.45. The molecule has 44 heavy (non-hydrogen) atoms. The summed E-state index contributed by atoms with van der Waals surface area (Å²) in [5.41, 5.74) is 0.385. The minimum absolute atomic E-state index is 0. The zero-order valence-electron chi connectivity index (χ0n) is 27.5. The Balaban J connectivity index is 0.00000529. The van der Waals surface area contributed by atoms with Gasteiger partial charge < -0.3 is 25.5 Å². The van der Waals surface area contributed by atoms with E-state index in [2.05, 4.69) is 40.9 Å². The predicted octanol–water partition coefficient (Wildman–Crippen LogP) is 7.22. The summed E-state index contributed by atoms with van der Waals surface area (Å²) in [5, 5.41) is 32.8. The molecule has 0 unspecified atom stereocenters. The number of hydrogen-bond acceptors (Lipinski definition) is 5. The van der Waals surface area contributed by atoms with E-state index >= 15 is 0 Å². The SMILES string of the molecule is C=C[C@@H](CCCCC)OC(=O)[C@@H]1[C@@H](c2ccc(O)cc2)[C@@H](C(=O)O)[C@]1(C)C[C@H](O)[C@@]1(C)[C@H](C)CC[C@@]2(C)C(=C)CCC[C@H]12.O. The van der Waals surface area contributed by atoms with Gasteiger partial charge in [-0.05, 0) is 97.1 Å². The van der Waals surface area contributed by atoms with E-state index in [1.807, 2.05) is 6.92 Å². The largest absolute Gasteiger partial charge is 0.508 e. The number of carboxylic acids is 1. The van der Waals surface area contributed by atoms with Gasteiger partial charge in [-0.15, -0.1) is 0 Å². The lowest BCUT2D eigenvalue weighted by molar-refractivity contribution is -0.199. The molecular weight excluding hydrogens is 556 g/mol. The molecule has 10 atom stereocenters. The van der Waals surface area contributed by atoms with Crippen molar-refractivity contribution in [1.82, 2.24) is 0 Å². The van der Waals surface area contributed by atoms with Gasteiger partial charge in [-0.1, -0.05) is 84.4 Å². The molecule has 5 N–H and O–H groups in total. The normalized spacial score (nSPS) is 36.1. The molecule has 0 amide bonds. The molecule has 0 aliphatic heterocycles. The highest BCUT2D eigenvalue weighted by Crippen LogP contribution is 2.67. The number of carbonyl (C=O) groups excluding carboxylic acids is 1. The van der Waals surface area contributed by atoms with Gasteiger partial charge in [-0.25, -0.2) is 0 Å². The number of aliphatic hydroxyl groups is 1. The smallest absolute Gasteiger partial charge is 0.310 e. The molecule has 3 saturated carbocycles. The van der Waals surface area contributed by atoms with Crippen LogP contribution in [0.1, 0.15) is 110 Å². The van der Waals surface area contributed by atoms with Crippen molar-refractivity contribution in [2.24, 2.45) is 39.9 Å². The first-order valence-electron chi connectivity index (χ1n) is 16.5. The highest BCUT2D eigenvalue weighted by molar-refractivity contribution is 5.84. The molecule has 0 radical (unpaired) electrons. The van der Waals surface area contributed by atoms with Crippen LogP contribution in [0, 0.1) is 39.9 Å². The van der Waals surface area contributed by atoms with Crippen molar-refractivity contribution >= 4 is 11.9 Å². The van der Waals surface area contributed by atoms with Crippen molar-refractivity contribution in [3.8, 4) is 5.75 Å². The van der Waals surface area contributed by atoms with Crippen LogP contribution in [0.2, 0.25) is 0 Å². The number of carboxylic acid groups (broad SMARTS) is 1. The van der Waals surface area contributed by atoms with Gasteiger partial charge >= 0.3 is 11.9 Å². The number of fused-ring (bicyclic) bond motifs is 1. The molecule has 0 aromatic heterocycles. The lowest BCUT2D eigenvalue weighted by Crippen LogP contribution is -2.63. The number of unbranched alkanes of at least 4 members (excludes halogenated alkanes) is 2. The Morgan fingerprint density at radius 2 is 1.77 bits per heavy atom. The molecule has 3 aliphatic rings. The number of benzene rings is 1. The fourth-order valence-electron chi connectivity index (χ4n) is 9.40. The number of aromatic hydroxyl groups is 1. The molecule has 3 aliphatic carbocycles. The maximum Gasteiger partial charge on any atom is 0.310 e. The third kappa shape index (κ3) is 6.11. The molecule has 4 rings (SSSR count). The number of allylic oxidation sites excluding steroid dienone is 1. The van der Waals surface area contributed by atoms with Gasteiger partial charge in [-0.3, -0.25) is 9.59 Å². The fraction of sp³-hybridized carbons (Fsp3) is 0.676. The van der Waals surface area contributed by atoms with Crippen LogP contribution in [0.5, 0.6) is 5.75 Å². The molecule has 3 fully saturated rings. The Morgan fingerprint density at radius 1 is 1.11 bits per heavy atom. The average Bonchev–Trinajstić information content (AvgIpc) is 2.95. The summed E-state index contributed by atoms with van der Waals surface area (Å²) < 4.78 is 6.05. The molecule has 7 nitrogen and oxygen atoms in total. The lowest BCUT2D eigenvalue weighted by atomic mass is 9.41. The third-order valence-electron chi connectivity index (χ3n) is 12.4. The minimum atomic E-state index is -1.04. The van der Waals surface area contributed by atoms with Crippen LogP contribution in [0.3, 0.4) is 0 Å². The summed E-state index contributed by atoms with van der Waals surface area (Å²) in [6.07, 6.45) is 9.31. The first-order valence-corrected chi connectivity index (χ1v) is 16.5. The number of ether oxygens (including phenoxy) is 1. The molecule has 1 aromatic carbocycles. The Kier molecular flexibility index (Phi) is 11.2. The monoisotopic (exact) mass is 612 g/mol. The van der Waals surface area contributed by atoms with Crippen LogP contribution < -0.4 is 0 Å². The molecule has 1 aromatic rings. The third-order valence-corrected chi connectivity index (χ3v) is 12.4. The van der Waals surface area contributed by atoms with Crippen LogP contribution in [-0.2, 0) is 14.3 Å². The van der Waals surface area contributed by atoms with E-state index in [1.165, 1.54) is 17.7 Å². The highest BCUT2D eigenvalue weighted by atomic mass is 16.5. The van der Waals surface area contributed by atoms with E-state index in [4.69, 9.17) is 4.74 Å². The number of hydrogen-bond donors (Lipinski definition) is 3. The Morgan fingerprint density at radius 3 is 2.36 bits per heavy atom. The van der Waals surface area contributed by atoms with Crippen molar-refractivity contribution in [3.63, 3.8) is 0 Å². The van der Waals surface area contributed by atoms with E-state index in [0.717, 1.165) is 51.4 Å².